The number of rotatable bonds is 0. The van der Waals surface area contributed by atoms with E-state index in [4.69, 9.17) is 5.26 Å². The van der Waals surface area contributed by atoms with Crippen LogP contribution in [0.5, 0.6) is 0 Å². The Balaban J connectivity index is 2.22. The van der Waals surface area contributed by atoms with Gasteiger partial charge in [-0.3, -0.25) is 0 Å². The Kier molecular flexibility index (Phi) is 1.02. The number of thioether (sulfide) groups is 1. The maximum Gasteiger partial charge on any atom is 0.0924 e. The SMILES string of the molecule is N#CC1CCS1. The van der Waals surface area contributed by atoms with Crippen LogP contribution in [0.2, 0.25) is 0 Å². The lowest BCUT2D eigenvalue weighted by atomic mass is 10.3. The highest BCUT2D eigenvalue weighted by Crippen LogP contribution is 2.26. The molecule has 1 heterocycles. The third-order valence-corrected chi connectivity index (χ3v) is 2.06. The van der Waals surface area contributed by atoms with Gasteiger partial charge in [-0.05, 0) is 12.2 Å². The summed E-state index contributed by atoms with van der Waals surface area (Å²) in [5, 5.41) is 8.45. The molecule has 0 spiro atoms. The third-order valence-electron chi connectivity index (χ3n) is 0.843. The van der Waals surface area contributed by atoms with Gasteiger partial charge < -0.3 is 0 Å². The summed E-state index contributed by atoms with van der Waals surface area (Å²) >= 11 is 1.74. The van der Waals surface area contributed by atoms with E-state index in [0.29, 0.717) is 5.25 Å². The first-order valence-corrected chi connectivity index (χ1v) is 2.99. The first-order chi connectivity index (χ1) is 2.93. The average molecular weight is 99.2 g/mol. The zero-order valence-corrected chi connectivity index (χ0v) is 4.16. The van der Waals surface area contributed by atoms with Crippen molar-refractivity contribution in [3.8, 4) is 6.07 Å². The maximum absolute atomic E-state index is 8.12. The van der Waals surface area contributed by atoms with Gasteiger partial charge in [-0.2, -0.15) is 5.26 Å². The first-order valence-electron chi connectivity index (χ1n) is 1.94. The van der Waals surface area contributed by atoms with E-state index >= 15 is 0 Å². The summed E-state index contributed by atoms with van der Waals surface area (Å²) in [6.07, 6.45) is 1.11. The van der Waals surface area contributed by atoms with Crippen molar-refractivity contribution in [2.45, 2.75) is 11.7 Å². The van der Waals surface area contributed by atoms with Gasteiger partial charge >= 0.3 is 0 Å². The predicted octanol–water partition coefficient (Wildman–Crippen LogP) is 1.02. The Morgan fingerprint density at radius 3 is 2.50 bits per heavy atom. The van der Waals surface area contributed by atoms with Crippen LogP contribution in [0.4, 0.5) is 0 Å². The molecule has 1 aliphatic rings. The summed E-state index contributed by atoms with van der Waals surface area (Å²) in [6, 6.07) is 2.16. The lowest BCUT2D eigenvalue weighted by Gasteiger charge is -2.15. The number of nitrogens with zero attached hydrogens (tertiary/aromatic N) is 1. The van der Waals surface area contributed by atoms with Gasteiger partial charge in [0.2, 0.25) is 0 Å². The molecule has 0 saturated carbocycles. The van der Waals surface area contributed by atoms with Crippen molar-refractivity contribution in [1.82, 2.24) is 0 Å². The van der Waals surface area contributed by atoms with E-state index < -0.39 is 0 Å². The normalized spacial score (nSPS) is 30.8. The van der Waals surface area contributed by atoms with Crippen molar-refractivity contribution in [2.75, 3.05) is 5.75 Å². The molecule has 0 aliphatic carbocycles. The lowest BCUT2D eigenvalue weighted by Crippen LogP contribution is -2.11. The van der Waals surface area contributed by atoms with Crippen LogP contribution in [-0.2, 0) is 0 Å². The van der Waals surface area contributed by atoms with Crippen molar-refractivity contribution in [1.29, 1.82) is 5.26 Å². The number of nitriles is 1. The van der Waals surface area contributed by atoms with Crippen LogP contribution in [-0.4, -0.2) is 11.0 Å². The molecular formula is C4H5NS. The van der Waals surface area contributed by atoms with Crippen LogP contribution >= 0.6 is 11.8 Å². The fourth-order valence-corrected chi connectivity index (χ4v) is 0.883. The Labute approximate surface area is 41.3 Å². The van der Waals surface area contributed by atoms with Crippen LogP contribution in [0.25, 0.3) is 0 Å². The highest BCUT2D eigenvalue weighted by atomic mass is 32.2. The van der Waals surface area contributed by atoms with Gasteiger partial charge in [0.05, 0.1) is 11.3 Å². The summed E-state index contributed by atoms with van der Waals surface area (Å²) in [5.41, 5.74) is 0. The van der Waals surface area contributed by atoms with Gasteiger partial charge in [-0.1, -0.05) is 0 Å². The van der Waals surface area contributed by atoms with Gasteiger partial charge in [-0.25, -0.2) is 0 Å². The highest BCUT2D eigenvalue weighted by molar-refractivity contribution is 8.01. The highest BCUT2D eigenvalue weighted by Gasteiger charge is 2.15. The van der Waals surface area contributed by atoms with E-state index in [0.717, 1.165) is 6.42 Å². The van der Waals surface area contributed by atoms with Crippen LogP contribution < -0.4 is 0 Å². The van der Waals surface area contributed by atoms with Crippen LogP contribution in [0.1, 0.15) is 6.42 Å². The molecule has 6 heavy (non-hydrogen) atoms. The fourth-order valence-electron chi connectivity index (χ4n) is 0.338. The van der Waals surface area contributed by atoms with Gasteiger partial charge in [0.15, 0.2) is 0 Å². The molecule has 1 nitrogen and oxygen atoms in total. The molecule has 0 radical (unpaired) electrons. The molecule has 32 valence electrons. The van der Waals surface area contributed by atoms with E-state index in [-0.39, 0.29) is 0 Å². The average Bonchev–Trinajstić information content (AvgIpc) is 1.31. The van der Waals surface area contributed by atoms with Gasteiger partial charge in [-0.15, -0.1) is 11.8 Å². The largest absolute Gasteiger partial charge is 0.197 e. The molecule has 1 fully saturated rings. The third kappa shape index (κ3) is 0.504. The van der Waals surface area contributed by atoms with Gasteiger partial charge in [0, 0.05) is 0 Å². The predicted molar refractivity (Wildman–Crippen MR) is 26.5 cm³/mol. The summed E-state index contributed by atoms with van der Waals surface area (Å²) < 4.78 is 0. The van der Waals surface area contributed by atoms with Crippen LogP contribution in [0.3, 0.4) is 0 Å². The smallest absolute Gasteiger partial charge is 0.0924 e. The second-order valence-corrected chi connectivity index (χ2v) is 2.59. The molecule has 0 aromatic rings. The Hall–Kier alpha value is -0.160. The standard InChI is InChI=1S/C4H5NS/c5-3-4-1-2-6-4/h4H,1-2H2. The Morgan fingerprint density at radius 1 is 1.83 bits per heavy atom. The molecular weight excluding hydrogens is 94.1 g/mol. The zero-order valence-electron chi connectivity index (χ0n) is 3.35. The van der Waals surface area contributed by atoms with E-state index in [1.54, 1.807) is 11.8 Å². The molecule has 0 aromatic carbocycles. The fraction of sp³-hybridized carbons (Fsp3) is 0.750. The lowest BCUT2D eigenvalue weighted by molar-refractivity contribution is 0.939. The van der Waals surface area contributed by atoms with E-state index in [9.17, 15) is 0 Å². The van der Waals surface area contributed by atoms with Crippen molar-refractivity contribution in [3.63, 3.8) is 0 Å². The second-order valence-electron chi connectivity index (χ2n) is 1.28. The van der Waals surface area contributed by atoms with Crippen molar-refractivity contribution < 1.29 is 0 Å². The Bertz CT molecular complexity index is 80.0. The van der Waals surface area contributed by atoms with Crippen LogP contribution in [0, 0.1) is 11.3 Å². The van der Waals surface area contributed by atoms with Gasteiger partial charge in [0.25, 0.3) is 0 Å². The van der Waals surface area contributed by atoms with Crippen LogP contribution in [0.15, 0.2) is 0 Å². The Morgan fingerprint density at radius 2 is 2.50 bits per heavy atom. The minimum atomic E-state index is 0.338. The first kappa shape index (κ1) is 4.01. The monoisotopic (exact) mass is 99.0 g/mol. The van der Waals surface area contributed by atoms with E-state index in [2.05, 4.69) is 6.07 Å². The minimum Gasteiger partial charge on any atom is -0.197 e. The van der Waals surface area contributed by atoms with Crippen molar-refractivity contribution in [2.24, 2.45) is 0 Å². The quantitative estimate of drug-likeness (QED) is 0.452. The minimum absolute atomic E-state index is 0.338. The summed E-state index contributed by atoms with van der Waals surface area (Å²) in [7, 11) is 0. The van der Waals surface area contributed by atoms with Crippen molar-refractivity contribution in [3.05, 3.63) is 0 Å². The number of hydrogen-bond acceptors (Lipinski definition) is 2. The molecule has 0 N–H and O–H groups in total. The summed E-state index contributed by atoms with van der Waals surface area (Å²) in [4.78, 5) is 0. The molecule has 1 unspecified atom stereocenters. The maximum atomic E-state index is 8.12. The topological polar surface area (TPSA) is 23.8 Å². The van der Waals surface area contributed by atoms with E-state index in [1.165, 1.54) is 5.75 Å². The van der Waals surface area contributed by atoms with E-state index in [1.807, 2.05) is 0 Å². The molecule has 2 heteroatoms. The molecule has 0 aromatic heterocycles. The zero-order chi connectivity index (χ0) is 4.41. The second kappa shape index (κ2) is 1.53. The molecule has 1 rings (SSSR count). The molecule has 1 saturated heterocycles. The summed E-state index contributed by atoms with van der Waals surface area (Å²) in [5.74, 6) is 1.19. The van der Waals surface area contributed by atoms with Crippen molar-refractivity contribution >= 4 is 11.8 Å². The van der Waals surface area contributed by atoms with Gasteiger partial charge in [0.1, 0.15) is 0 Å². The molecule has 1 atom stereocenters. The summed E-state index contributed by atoms with van der Waals surface area (Å²) in [6.45, 7) is 0. The molecule has 0 amide bonds. The number of hydrogen-bond donors (Lipinski definition) is 0. The molecule has 0 bridgehead atoms. The molecule has 1 aliphatic heterocycles.